The van der Waals surface area contributed by atoms with E-state index in [0.29, 0.717) is 37.1 Å². The number of hydrogen-bond acceptors (Lipinski definition) is 4. The minimum Gasteiger partial charge on any atom is -0.334 e. The molecular weight excluding hydrogens is 540 g/mol. The minimum atomic E-state index is -1.04. The highest BCUT2D eigenvalue weighted by molar-refractivity contribution is 6.15. The lowest BCUT2D eigenvalue weighted by atomic mass is 9.85. The summed E-state index contributed by atoms with van der Waals surface area (Å²) in [7, 11) is 0. The highest BCUT2D eigenvalue weighted by atomic mass is 16.2. The molecule has 4 aliphatic rings. The number of anilines is 2. The molecule has 8 heteroatoms. The van der Waals surface area contributed by atoms with Crippen LogP contribution in [0.3, 0.4) is 0 Å². The second-order valence-corrected chi connectivity index (χ2v) is 12.8. The van der Waals surface area contributed by atoms with Crippen LogP contribution in [0.15, 0.2) is 48.6 Å². The molecule has 0 saturated carbocycles. The molecule has 2 unspecified atom stereocenters. The maximum absolute atomic E-state index is 13.8. The molecule has 0 bridgehead atoms. The van der Waals surface area contributed by atoms with Crippen LogP contribution in [0.1, 0.15) is 78.3 Å². The smallest absolute Gasteiger partial charge is 0.257 e. The van der Waals surface area contributed by atoms with Gasteiger partial charge < -0.3 is 20.4 Å². The number of benzene rings is 2. The van der Waals surface area contributed by atoms with Crippen LogP contribution in [0, 0.1) is 27.7 Å². The average Bonchev–Trinajstić information content (AvgIpc) is 3.59. The van der Waals surface area contributed by atoms with Gasteiger partial charge in [0.1, 0.15) is 0 Å². The van der Waals surface area contributed by atoms with Crippen LogP contribution in [-0.4, -0.2) is 36.7 Å². The van der Waals surface area contributed by atoms with Crippen LogP contribution >= 0.6 is 0 Å². The predicted molar refractivity (Wildman–Crippen MR) is 167 cm³/mol. The van der Waals surface area contributed by atoms with Crippen molar-refractivity contribution in [1.82, 2.24) is 10.6 Å². The Morgan fingerprint density at radius 1 is 0.605 bits per heavy atom. The van der Waals surface area contributed by atoms with Crippen LogP contribution in [-0.2, 0) is 30.3 Å². The Balaban J connectivity index is 1.08. The Morgan fingerprint density at radius 2 is 0.953 bits per heavy atom. The van der Waals surface area contributed by atoms with E-state index in [1.54, 1.807) is 0 Å². The first kappa shape index (κ1) is 28.9. The fraction of sp³-hybridized carbons (Fsp3) is 0.429. The molecule has 8 nitrogen and oxygen atoms in total. The Morgan fingerprint density at radius 3 is 1.30 bits per heavy atom. The maximum Gasteiger partial charge on any atom is 0.257 e. The zero-order chi connectivity index (χ0) is 30.8. The van der Waals surface area contributed by atoms with E-state index < -0.39 is 11.1 Å². The summed E-state index contributed by atoms with van der Waals surface area (Å²) in [6, 6.07) is 8.12. The van der Waals surface area contributed by atoms with E-state index in [-0.39, 0.29) is 23.6 Å². The number of aryl methyl sites for hydroxylation is 4. The lowest BCUT2D eigenvalue weighted by Gasteiger charge is -2.24. The predicted octanol–water partition coefficient (Wildman–Crippen LogP) is 4.81. The molecule has 0 radical (unpaired) electrons. The van der Waals surface area contributed by atoms with E-state index in [1.165, 1.54) is 0 Å². The molecule has 43 heavy (non-hydrogen) atoms. The molecule has 4 heterocycles. The third kappa shape index (κ3) is 4.17. The van der Waals surface area contributed by atoms with Crippen LogP contribution < -0.4 is 20.4 Å². The van der Waals surface area contributed by atoms with E-state index in [1.807, 2.05) is 61.8 Å². The number of hydrogen-bond donors (Lipinski definition) is 2. The third-order valence-electron chi connectivity index (χ3n) is 9.81. The molecule has 4 amide bonds. The van der Waals surface area contributed by atoms with Gasteiger partial charge in [-0.25, -0.2) is 0 Å². The van der Waals surface area contributed by atoms with E-state index in [0.717, 1.165) is 76.9 Å². The summed E-state index contributed by atoms with van der Waals surface area (Å²) in [5.74, 6) is -0.644. The normalized spacial score (nSPS) is 24.1. The highest BCUT2D eigenvalue weighted by Crippen LogP contribution is 2.50. The van der Waals surface area contributed by atoms with Gasteiger partial charge in [-0.2, -0.15) is 0 Å². The molecule has 6 rings (SSSR count). The maximum atomic E-state index is 13.8. The monoisotopic (exact) mass is 580 g/mol. The molecule has 2 N–H and O–H groups in total. The van der Waals surface area contributed by atoms with Crippen molar-refractivity contribution < 1.29 is 19.2 Å². The number of nitrogens with zero attached hydrogens (tertiary/aromatic N) is 2. The molecule has 2 aromatic rings. The van der Waals surface area contributed by atoms with Crippen molar-refractivity contribution in [1.29, 1.82) is 0 Å². The summed E-state index contributed by atoms with van der Waals surface area (Å²) in [5, 5.41) is 5.96. The van der Waals surface area contributed by atoms with Gasteiger partial charge >= 0.3 is 0 Å². The summed E-state index contributed by atoms with van der Waals surface area (Å²) in [6.45, 7) is 17.0. The largest absolute Gasteiger partial charge is 0.334 e. The van der Waals surface area contributed by atoms with Crippen molar-refractivity contribution in [2.75, 3.05) is 22.9 Å². The second kappa shape index (κ2) is 10.2. The average molecular weight is 581 g/mol. The Kier molecular flexibility index (Phi) is 6.86. The molecule has 2 fully saturated rings. The summed E-state index contributed by atoms with van der Waals surface area (Å²) in [5.41, 5.74) is 6.51. The van der Waals surface area contributed by atoms with E-state index >= 15 is 0 Å². The van der Waals surface area contributed by atoms with E-state index in [9.17, 15) is 19.2 Å². The van der Waals surface area contributed by atoms with Crippen LogP contribution in [0.5, 0.6) is 0 Å². The van der Waals surface area contributed by atoms with E-state index in [2.05, 4.69) is 23.8 Å². The van der Waals surface area contributed by atoms with Crippen molar-refractivity contribution in [2.45, 2.75) is 83.7 Å². The number of fused-ring (bicyclic) bond motifs is 4. The van der Waals surface area contributed by atoms with Crippen molar-refractivity contribution in [3.63, 3.8) is 0 Å². The Labute approximate surface area is 253 Å². The topological polar surface area (TPSA) is 98.8 Å². The first-order valence-corrected chi connectivity index (χ1v) is 15.3. The van der Waals surface area contributed by atoms with Gasteiger partial charge in [0, 0.05) is 48.2 Å². The number of carbonyl (C=O) groups is 4. The number of unbranched alkanes of at least 4 members (excludes halogenated alkanes) is 4. The summed E-state index contributed by atoms with van der Waals surface area (Å²) in [6.07, 6.45) is 5.14. The van der Waals surface area contributed by atoms with Gasteiger partial charge in [-0.3, -0.25) is 19.2 Å². The fourth-order valence-electron chi connectivity index (χ4n) is 7.75. The number of amides is 4. The summed E-state index contributed by atoms with van der Waals surface area (Å²) < 4.78 is 0. The van der Waals surface area contributed by atoms with Crippen molar-refractivity contribution in [3.05, 3.63) is 82.0 Å². The van der Waals surface area contributed by atoms with Crippen LogP contribution in [0.2, 0.25) is 0 Å². The molecule has 0 aliphatic carbocycles. The molecule has 2 saturated heterocycles. The van der Waals surface area contributed by atoms with E-state index in [4.69, 9.17) is 0 Å². The van der Waals surface area contributed by atoms with Gasteiger partial charge in [-0.1, -0.05) is 56.7 Å². The number of nitrogens with one attached hydrogen (secondary N) is 2. The Bertz CT molecular complexity index is 1490. The van der Waals surface area contributed by atoms with Gasteiger partial charge in [0.2, 0.25) is 11.8 Å². The first-order chi connectivity index (χ1) is 20.4. The molecule has 4 aliphatic heterocycles. The van der Waals surface area contributed by atoms with Gasteiger partial charge in [0.05, 0.1) is 11.4 Å². The standard InChI is InChI=1S/C35H40N4O4/c1-20-12-14-22(3)28-26(20)34(18-24(5)30(40)36-34)32(42)38(28)16-10-8-7-9-11-17-39-29-23(4)15-13-21(2)27(29)35(33(39)43)19-25(6)31(41)37-35/h12-15H,5-11,16-19H2,1-4H3,(H,36,40)(H,37,41). The third-order valence-corrected chi connectivity index (χ3v) is 9.81. The first-order valence-electron chi connectivity index (χ1n) is 15.3. The van der Waals surface area contributed by atoms with Crippen molar-refractivity contribution >= 4 is 35.0 Å². The minimum absolute atomic E-state index is 0.0700. The lowest BCUT2D eigenvalue weighted by Crippen LogP contribution is -2.48. The zero-order valence-electron chi connectivity index (χ0n) is 25.6. The number of rotatable bonds is 8. The lowest BCUT2D eigenvalue weighted by molar-refractivity contribution is -0.127. The van der Waals surface area contributed by atoms with Gasteiger partial charge in [-0.15, -0.1) is 0 Å². The molecule has 224 valence electrons. The Hall–Kier alpha value is -4.20. The molecule has 2 aromatic carbocycles. The number of carbonyl (C=O) groups excluding carboxylic acids is 4. The molecule has 0 aromatic heterocycles. The quantitative estimate of drug-likeness (QED) is 0.346. The fourth-order valence-corrected chi connectivity index (χ4v) is 7.75. The molecular formula is C35H40N4O4. The summed E-state index contributed by atoms with van der Waals surface area (Å²) >= 11 is 0. The molecule has 2 atom stereocenters. The van der Waals surface area contributed by atoms with Gasteiger partial charge in [0.15, 0.2) is 11.1 Å². The SMILES string of the molecule is C=C1CC2(NC1=O)C(=O)N(CCCCCCCN1C(=O)C3(CC(=C)C(=O)N3)c3c(C)ccc(C)c31)c1c(C)ccc(C)c12. The van der Waals surface area contributed by atoms with Crippen LogP contribution in [0.4, 0.5) is 11.4 Å². The second-order valence-electron chi connectivity index (χ2n) is 12.8. The molecule has 2 spiro atoms. The van der Waals surface area contributed by atoms with Gasteiger partial charge in [-0.05, 0) is 62.8 Å². The van der Waals surface area contributed by atoms with Crippen molar-refractivity contribution in [2.24, 2.45) is 0 Å². The van der Waals surface area contributed by atoms with Crippen molar-refractivity contribution in [3.8, 4) is 0 Å². The zero-order valence-corrected chi connectivity index (χ0v) is 25.6. The van der Waals surface area contributed by atoms with Crippen LogP contribution in [0.25, 0.3) is 0 Å². The highest BCUT2D eigenvalue weighted by Gasteiger charge is 2.58. The van der Waals surface area contributed by atoms with Gasteiger partial charge in [0.25, 0.3) is 11.8 Å². The summed E-state index contributed by atoms with van der Waals surface area (Å²) in [4.78, 5) is 56.3.